The molecule has 2 heteroatoms. The molecule has 1 rings (SSSR count). The summed E-state index contributed by atoms with van der Waals surface area (Å²) in [6.07, 6.45) is 2.28. The van der Waals surface area contributed by atoms with Crippen molar-refractivity contribution >= 4 is 21.6 Å². The summed E-state index contributed by atoms with van der Waals surface area (Å²) in [5.74, 6) is 0.797. The van der Waals surface area contributed by atoms with Gasteiger partial charge in [-0.25, -0.2) is 0 Å². The molecule has 0 aromatic heterocycles. The summed E-state index contributed by atoms with van der Waals surface area (Å²) < 4.78 is 0. The van der Waals surface area contributed by atoms with Crippen molar-refractivity contribution in [1.82, 2.24) is 0 Å². The van der Waals surface area contributed by atoms with Crippen LogP contribution in [-0.4, -0.2) is 5.25 Å². The Labute approximate surface area is 58.5 Å². The zero-order valence-electron chi connectivity index (χ0n) is 5.13. The van der Waals surface area contributed by atoms with E-state index in [1.54, 1.807) is 0 Å². The van der Waals surface area contributed by atoms with E-state index in [0.29, 0.717) is 0 Å². The lowest BCUT2D eigenvalue weighted by atomic mass is 10.1. The highest BCUT2D eigenvalue weighted by molar-refractivity contribution is 8.78. The second-order valence-corrected chi connectivity index (χ2v) is 4.59. The van der Waals surface area contributed by atoms with Gasteiger partial charge in [-0.3, -0.25) is 0 Å². The van der Waals surface area contributed by atoms with Crippen molar-refractivity contribution in [1.29, 1.82) is 0 Å². The van der Waals surface area contributed by atoms with E-state index in [4.69, 9.17) is 0 Å². The van der Waals surface area contributed by atoms with Gasteiger partial charge in [0.1, 0.15) is 0 Å². The first-order valence-corrected chi connectivity index (χ1v) is 5.07. The van der Waals surface area contributed by atoms with Crippen molar-refractivity contribution in [2.75, 3.05) is 0 Å². The molecule has 0 aliphatic carbocycles. The second kappa shape index (κ2) is 2.83. The molecule has 0 spiro atoms. The van der Waals surface area contributed by atoms with E-state index in [2.05, 4.69) is 25.3 Å². The van der Waals surface area contributed by atoms with E-state index in [1.165, 1.54) is 0 Å². The first kappa shape index (κ1) is 6.56. The number of rotatable bonds is 1. The molecule has 46 valence electrons. The van der Waals surface area contributed by atoms with Crippen LogP contribution in [0.4, 0.5) is 0 Å². The molecule has 1 atom stereocenters. The maximum absolute atomic E-state index is 2.28. The highest BCUT2D eigenvalue weighted by atomic mass is 33.1. The maximum atomic E-state index is 2.28. The molecular weight excluding hydrogens is 136 g/mol. The Morgan fingerprint density at radius 1 is 1.50 bits per heavy atom. The summed E-state index contributed by atoms with van der Waals surface area (Å²) in [6, 6.07) is 0. The quantitative estimate of drug-likeness (QED) is 0.522. The topological polar surface area (TPSA) is 0 Å². The molecule has 0 aromatic rings. The number of hydrogen-bond donors (Lipinski definition) is 0. The molecule has 0 fully saturated rings. The standard InChI is InChI=1S/C6H10S2/c1-5(2)6-3-4-7-8-6/h3-6H,1-2H3. The predicted molar refractivity (Wildman–Crippen MR) is 42.9 cm³/mol. The van der Waals surface area contributed by atoms with Crippen LogP contribution in [0.3, 0.4) is 0 Å². The van der Waals surface area contributed by atoms with Crippen LogP contribution in [0.2, 0.25) is 0 Å². The van der Waals surface area contributed by atoms with Gasteiger partial charge >= 0.3 is 0 Å². The van der Waals surface area contributed by atoms with E-state index in [0.717, 1.165) is 11.2 Å². The average molecular weight is 146 g/mol. The third-order valence-corrected chi connectivity index (χ3v) is 3.78. The largest absolute Gasteiger partial charge is 0.0816 e. The Kier molecular flexibility index (Phi) is 2.32. The molecule has 0 amide bonds. The SMILES string of the molecule is CC(C)C1C=CSS1. The van der Waals surface area contributed by atoms with Gasteiger partial charge in [-0.1, -0.05) is 41.5 Å². The molecule has 0 N–H and O–H groups in total. The summed E-state index contributed by atoms with van der Waals surface area (Å²) in [4.78, 5) is 0. The molecule has 8 heavy (non-hydrogen) atoms. The van der Waals surface area contributed by atoms with E-state index < -0.39 is 0 Å². The Balaban J connectivity index is 2.36. The lowest BCUT2D eigenvalue weighted by Crippen LogP contribution is -2.02. The number of hydrogen-bond acceptors (Lipinski definition) is 2. The first-order chi connectivity index (χ1) is 3.80. The van der Waals surface area contributed by atoms with Crippen LogP contribution < -0.4 is 0 Å². The van der Waals surface area contributed by atoms with Crippen molar-refractivity contribution in [2.24, 2.45) is 5.92 Å². The van der Waals surface area contributed by atoms with Gasteiger partial charge in [0.2, 0.25) is 0 Å². The van der Waals surface area contributed by atoms with Crippen molar-refractivity contribution in [3.63, 3.8) is 0 Å². The summed E-state index contributed by atoms with van der Waals surface area (Å²) in [5.41, 5.74) is 0. The van der Waals surface area contributed by atoms with Gasteiger partial charge in [0.15, 0.2) is 0 Å². The molecule has 1 unspecified atom stereocenters. The molecule has 1 heterocycles. The van der Waals surface area contributed by atoms with Gasteiger partial charge < -0.3 is 0 Å². The molecule has 1 aliphatic rings. The molecular formula is C6H10S2. The fourth-order valence-corrected chi connectivity index (χ4v) is 3.09. The molecule has 0 nitrogen and oxygen atoms in total. The lowest BCUT2D eigenvalue weighted by molar-refractivity contribution is 0.682. The normalized spacial score (nSPS) is 27.6. The fourth-order valence-electron chi connectivity index (χ4n) is 0.571. The van der Waals surface area contributed by atoms with Crippen LogP contribution in [0.1, 0.15) is 13.8 Å². The molecule has 0 radical (unpaired) electrons. The van der Waals surface area contributed by atoms with E-state index in [1.807, 2.05) is 21.6 Å². The summed E-state index contributed by atoms with van der Waals surface area (Å²) in [5, 5.41) is 2.94. The van der Waals surface area contributed by atoms with Crippen molar-refractivity contribution < 1.29 is 0 Å². The van der Waals surface area contributed by atoms with Gasteiger partial charge in [0, 0.05) is 5.25 Å². The predicted octanol–water partition coefficient (Wildman–Crippen LogP) is 2.92. The van der Waals surface area contributed by atoms with Crippen LogP contribution in [0, 0.1) is 5.92 Å². The minimum atomic E-state index is 0.764. The van der Waals surface area contributed by atoms with Gasteiger partial charge in [-0.05, 0) is 11.3 Å². The Morgan fingerprint density at radius 2 is 2.25 bits per heavy atom. The molecule has 0 aromatic carbocycles. The lowest BCUT2D eigenvalue weighted by Gasteiger charge is -2.08. The highest BCUT2D eigenvalue weighted by Gasteiger charge is 2.13. The third kappa shape index (κ3) is 1.46. The van der Waals surface area contributed by atoms with E-state index >= 15 is 0 Å². The van der Waals surface area contributed by atoms with Crippen LogP contribution >= 0.6 is 21.6 Å². The summed E-state index contributed by atoms with van der Waals surface area (Å²) in [7, 11) is 3.80. The molecule has 1 aliphatic heterocycles. The molecule has 0 saturated carbocycles. The van der Waals surface area contributed by atoms with Crippen molar-refractivity contribution in [3.05, 3.63) is 11.5 Å². The van der Waals surface area contributed by atoms with Crippen molar-refractivity contribution in [2.45, 2.75) is 19.1 Å². The van der Waals surface area contributed by atoms with Crippen LogP contribution in [-0.2, 0) is 0 Å². The molecule has 0 bridgehead atoms. The van der Waals surface area contributed by atoms with Crippen LogP contribution in [0.15, 0.2) is 11.5 Å². The van der Waals surface area contributed by atoms with Gasteiger partial charge in [0.05, 0.1) is 0 Å². The smallest absolute Gasteiger partial charge is 0.0365 e. The average Bonchev–Trinajstić information content (AvgIpc) is 2.12. The Morgan fingerprint density at radius 3 is 2.50 bits per heavy atom. The third-order valence-electron chi connectivity index (χ3n) is 1.15. The molecule has 0 saturated heterocycles. The second-order valence-electron chi connectivity index (χ2n) is 2.23. The minimum absolute atomic E-state index is 0.764. The van der Waals surface area contributed by atoms with Gasteiger partial charge in [0.25, 0.3) is 0 Å². The summed E-state index contributed by atoms with van der Waals surface area (Å²) in [6.45, 7) is 4.52. The minimum Gasteiger partial charge on any atom is -0.0816 e. The van der Waals surface area contributed by atoms with Gasteiger partial charge in [-0.2, -0.15) is 0 Å². The maximum Gasteiger partial charge on any atom is 0.0365 e. The fraction of sp³-hybridized carbons (Fsp3) is 0.667. The van der Waals surface area contributed by atoms with Crippen LogP contribution in [0.5, 0.6) is 0 Å². The first-order valence-electron chi connectivity index (χ1n) is 2.79. The zero-order valence-corrected chi connectivity index (χ0v) is 6.76. The van der Waals surface area contributed by atoms with E-state index in [9.17, 15) is 0 Å². The van der Waals surface area contributed by atoms with Crippen molar-refractivity contribution in [3.8, 4) is 0 Å². The highest BCUT2D eigenvalue weighted by Crippen LogP contribution is 2.38. The summed E-state index contributed by atoms with van der Waals surface area (Å²) >= 11 is 0. The van der Waals surface area contributed by atoms with E-state index in [-0.39, 0.29) is 0 Å². The zero-order chi connectivity index (χ0) is 5.98. The van der Waals surface area contributed by atoms with Gasteiger partial charge in [-0.15, -0.1) is 0 Å². The monoisotopic (exact) mass is 146 g/mol. The van der Waals surface area contributed by atoms with Crippen LogP contribution in [0.25, 0.3) is 0 Å². The Hall–Kier alpha value is 0.440. The Bertz CT molecular complexity index is 96.7.